The Hall–Kier alpha value is -1.08. The zero-order valence-corrected chi connectivity index (χ0v) is 20.7. The van der Waals surface area contributed by atoms with Crippen molar-refractivity contribution < 1.29 is 51.0 Å². The van der Waals surface area contributed by atoms with Gasteiger partial charge in [-0.2, -0.15) is 60.7 Å². The summed E-state index contributed by atoms with van der Waals surface area (Å²) in [6.07, 6.45) is 0. The monoisotopic (exact) mass is 568 g/mol. The first-order valence-corrected chi connectivity index (χ1v) is 12.5. The molecule has 10 heteroatoms. The Morgan fingerprint density at radius 1 is 0.500 bits per heavy atom. The molecule has 0 aromatic heterocycles. The molecule has 0 aliphatic carbocycles. The van der Waals surface area contributed by atoms with E-state index in [0.29, 0.717) is 0 Å². The van der Waals surface area contributed by atoms with Crippen LogP contribution in [-0.2, 0) is 52.2 Å². The Bertz CT molecular complexity index is 918. The molecule has 0 fully saturated rings. The van der Waals surface area contributed by atoms with Gasteiger partial charge in [0.05, 0.1) is 0 Å². The molecular weight excluding hydrogens is 551 g/mol. The summed E-state index contributed by atoms with van der Waals surface area (Å²) in [4.78, 5) is 0.313. The number of rotatable bonds is 2. The van der Waals surface area contributed by atoms with Crippen molar-refractivity contribution in [1.82, 2.24) is 0 Å². The molecule has 0 spiro atoms. The van der Waals surface area contributed by atoms with Crippen LogP contribution in [0.25, 0.3) is 0 Å². The number of hydrogen-bond donors (Lipinski definition) is 0. The van der Waals surface area contributed by atoms with Crippen LogP contribution < -0.4 is 0 Å². The first kappa shape index (κ1) is 31.1. The smallest absolute Gasteiger partial charge is 0.220 e. The maximum atomic E-state index is 10.5. The van der Waals surface area contributed by atoms with Gasteiger partial charge >= 0.3 is 34.1 Å². The van der Waals surface area contributed by atoms with E-state index in [1.807, 2.05) is 60.7 Å². The average molecular weight is 569 g/mol. The minimum Gasteiger partial charge on any atom is -0.220 e. The number of halogens is 2. The van der Waals surface area contributed by atoms with Gasteiger partial charge in [-0.1, -0.05) is 0 Å². The summed E-state index contributed by atoms with van der Waals surface area (Å²) in [5, 5.41) is 0. The third-order valence-corrected chi connectivity index (χ3v) is 5.68. The molecule has 4 nitrogen and oxygen atoms in total. The number of hydrogen-bond acceptors (Lipinski definition) is 4. The second-order valence-corrected chi connectivity index (χ2v) is 10.2. The molecule has 4 aromatic rings. The maximum Gasteiger partial charge on any atom is 2.00 e. The minimum atomic E-state index is -3.49. The van der Waals surface area contributed by atoms with Crippen molar-refractivity contribution in [3.63, 3.8) is 0 Å². The molecular formula is C20H18Cl2Fe2O4S2. The first-order chi connectivity index (χ1) is 13.2. The zero-order valence-electron chi connectivity index (χ0n) is 15.3. The molecule has 0 bridgehead atoms. The van der Waals surface area contributed by atoms with E-state index in [2.05, 4.69) is 0 Å². The normalized spacial score (nSPS) is 9.67. The van der Waals surface area contributed by atoms with Gasteiger partial charge in [0.15, 0.2) is 0 Å². The Balaban J connectivity index is 0. The fraction of sp³-hybridized carbons (Fsp3) is 0. The Morgan fingerprint density at radius 2 is 0.733 bits per heavy atom. The van der Waals surface area contributed by atoms with E-state index in [1.54, 1.807) is 24.3 Å². The van der Waals surface area contributed by atoms with Gasteiger partial charge in [-0.05, 0) is 9.79 Å². The van der Waals surface area contributed by atoms with Gasteiger partial charge in [0.1, 0.15) is 0 Å². The van der Waals surface area contributed by atoms with E-state index in [1.165, 1.54) is 24.3 Å². The molecule has 0 radical (unpaired) electrons. The zero-order chi connectivity index (χ0) is 20.9. The summed E-state index contributed by atoms with van der Waals surface area (Å²) in [5.41, 5.74) is 0. The van der Waals surface area contributed by atoms with Gasteiger partial charge in [0.25, 0.3) is 0 Å². The summed E-state index contributed by atoms with van der Waals surface area (Å²) in [6, 6.07) is 32.3. The molecule has 0 saturated heterocycles. The van der Waals surface area contributed by atoms with E-state index in [-0.39, 0.29) is 43.9 Å². The molecule has 0 heterocycles. The van der Waals surface area contributed by atoms with E-state index < -0.39 is 18.1 Å². The predicted molar refractivity (Wildman–Crippen MR) is 114 cm³/mol. The molecule has 164 valence electrons. The second-order valence-electron chi connectivity index (χ2n) is 5.04. The van der Waals surface area contributed by atoms with Crippen molar-refractivity contribution in [2.75, 3.05) is 0 Å². The van der Waals surface area contributed by atoms with Crippen molar-refractivity contribution in [2.45, 2.75) is 9.79 Å². The molecule has 0 aliphatic rings. The standard InChI is InChI=1S/2C5H4ClO2S.2C5H5.2Fe/c2*6-9(7,8)5-3-1-2-4-5;2*1-2-4-5-3-1;;/h2*1-4H;2*1-5H;;/q4*-1;2*+2. The molecule has 0 atom stereocenters. The molecule has 30 heavy (non-hydrogen) atoms. The van der Waals surface area contributed by atoms with E-state index in [4.69, 9.17) is 21.4 Å². The van der Waals surface area contributed by atoms with Crippen molar-refractivity contribution in [1.29, 1.82) is 0 Å². The third-order valence-electron chi connectivity index (χ3n) is 2.94. The molecule has 0 amide bonds. The van der Waals surface area contributed by atoms with Gasteiger partial charge in [-0.15, -0.1) is 0 Å². The van der Waals surface area contributed by atoms with Gasteiger partial charge in [0, 0.05) is 21.4 Å². The predicted octanol–water partition coefficient (Wildman–Crippen LogP) is 5.47. The molecule has 0 N–H and O–H groups in total. The Labute approximate surface area is 208 Å². The van der Waals surface area contributed by atoms with Crippen molar-refractivity contribution >= 4 is 39.5 Å². The van der Waals surface area contributed by atoms with E-state index in [9.17, 15) is 16.8 Å². The van der Waals surface area contributed by atoms with Crippen LogP contribution in [0.4, 0.5) is 0 Å². The van der Waals surface area contributed by atoms with Crippen LogP contribution in [0.2, 0.25) is 0 Å². The van der Waals surface area contributed by atoms with Crippen LogP contribution in [0, 0.1) is 0 Å². The average Bonchev–Trinajstić information content (AvgIpc) is 3.50. The molecule has 4 aromatic carbocycles. The van der Waals surface area contributed by atoms with Gasteiger partial charge in [0.2, 0.25) is 18.1 Å². The van der Waals surface area contributed by atoms with Gasteiger partial charge < -0.3 is 0 Å². The van der Waals surface area contributed by atoms with Gasteiger partial charge in [-0.25, -0.2) is 65.4 Å². The molecule has 0 aliphatic heterocycles. The van der Waals surface area contributed by atoms with Crippen molar-refractivity contribution in [2.24, 2.45) is 0 Å². The SMILES string of the molecule is O=S(=O)(Cl)[c-]1cccc1.O=S(=O)(Cl)[c-]1cccc1.[Fe+2].[Fe+2].c1cc[cH-]c1.c1cc[cH-]c1. The van der Waals surface area contributed by atoms with Gasteiger partial charge in [-0.3, -0.25) is 0 Å². The third kappa shape index (κ3) is 14.8. The van der Waals surface area contributed by atoms with Crippen LogP contribution in [0.3, 0.4) is 0 Å². The largest absolute Gasteiger partial charge is 2.00 e. The first-order valence-electron chi connectivity index (χ1n) is 7.87. The molecule has 0 saturated carbocycles. The topological polar surface area (TPSA) is 68.3 Å². The van der Waals surface area contributed by atoms with Crippen LogP contribution in [0.1, 0.15) is 0 Å². The Kier molecular flexibility index (Phi) is 17.2. The summed E-state index contributed by atoms with van der Waals surface area (Å²) in [6.45, 7) is 0. The van der Waals surface area contributed by atoms with Crippen molar-refractivity contribution in [3.05, 3.63) is 109 Å². The maximum absolute atomic E-state index is 10.5. The van der Waals surface area contributed by atoms with Crippen LogP contribution in [0.15, 0.2) is 119 Å². The van der Waals surface area contributed by atoms with E-state index >= 15 is 0 Å². The molecule has 0 unspecified atom stereocenters. The van der Waals surface area contributed by atoms with Crippen LogP contribution in [0.5, 0.6) is 0 Å². The quantitative estimate of drug-likeness (QED) is 0.183. The van der Waals surface area contributed by atoms with Crippen LogP contribution in [-0.4, -0.2) is 16.8 Å². The van der Waals surface area contributed by atoms with E-state index in [0.717, 1.165) is 0 Å². The fourth-order valence-electron chi connectivity index (χ4n) is 1.68. The minimum absolute atomic E-state index is 0. The van der Waals surface area contributed by atoms with Crippen LogP contribution >= 0.6 is 21.4 Å². The fourth-order valence-corrected chi connectivity index (χ4v) is 3.26. The summed E-state index contributed by atoms with van der Waals surface area (Å²) < 4.78 is 41.8. The Morgan fingerprint density at radius 3 is 0.833 bits per heavy atom. The second kappa shape index (κ2) is 16.6. The summed E-state index contributed by atoms with van der Waals surface area (Å²) in [7, 11) is 2.97. The summed E-state index contributed by atoms with van der Waals surface area (Å²) >= 11 is 0. The summed E-state index contributed by atoms with van der Waals surface area (Å²) in [5.74, 6) is 0. The molecule has 4 rings (SSSR count). The van der Waals surface area contributed by atoms with Crippen molar-refractivity contribution in [3.8, 4) is 0 Å².